The molecule has 3 rings (SSSR count). The van der Waals surface area contributed by atoms with Crippen molar-refractivity contribution in [3.63, 3.8) is 0 Å². The van der Waals surface area contributed by atoms with E-state index in [4.69, 9.17) is 0 Å². The van der Waals surface area contributed by atoms with Gasteiger partial charge in [-0.05, 0) is 36.6 Å². The zero-order valence-corrected chi connectivity index (χ0v) is 8.95. The molecular weight excluding hydrogens is 202 g/mol. The van der Waals surface area contributed by atoms with E-state index in [0.717, 1.165) is 43.2 Å². The first-order valence-corrected chi connectivity index (χ1v) is 5.67. The van der Waals surface area contributed by atoms with Crippen LogP contribution in [0.25, 0.3) is 0 Å². The third-order valence-electron chi connectivity index (χ3n) is 3.84. The summed E-state index contributed by atoms with van der Waals surface area (Å²) in [6.45, 7) is 0. The summed E-state index contributed by atoms with van der Waals surface area (Å²) in [5.74, 6) is 0.114. The van der Waals surface area contributed by atoms with Gasteiger partial charge >= 0.3 is 0 Å². The quantitative estimate of drug-likeness (QED) is 0.730. The first kappa shape index (κ1) is 9.58. The summed E-state index contributed by atoms with van der Waals surface area (Å²) >= 11 is 0. The molecule has 0 atom stereocenters. The highest BCUT2D eigenvalue weighted by Crippen LogP contribution is 2.48. The predicted octanol–water partition coefficient (Wildman–Crippen LogP) is 2.26. The standard InChI is InChI=1S/C13H13NO2/c15-8-9-3-4-11-10(7-9)13(12(16)14-11)5-1-2-6-13/h3-4,7-8H,1-2,5-6H2,(H,14,16). The third kappa shape index (κ3) is 1.08. The van der Waals surface area contributed by atoms with Crippen molar-refractivity contribution in [1.29, 1.82) is 0 Å². The lowest BCUT2D eigenvalue weighted by atomic mass is 9.80. The molecule has 1 aliphatic carbocycles. The second-order valence-electron chi connectivity index (χ2n) is 4.67. The Balaban J connectivity index is 2.18. The van der Waals surface area contributed by atoms with Crippen molar-refractivity contribution in [2.75, 3.05) is 5.32 Å². The molecule has 3 nitrogen and oxygen atoms in total. The lowest BCUT2D eigenvalue weighted by Gasteiger charge is -2.20. The lowest BCUT2D eigenvalue weighted by Crippen LogP contribution is -2.31. The number of anilines is 1. The van der Waals surface area contributed by atoms with Gasteiger partial charge in [0.1, 0.15) is 6.29 Å². The van der Waals surface area contributed by atoms with Crippen molar-refractivity contribution in [3.05, 3.63) is 29.3 Å². The smallest absolute Gasteiger partial charge is 0.235 e. The van der Waals surface area contributed by atoms with Gasteiger partial charge in [-0.25, -0.2) is 0 Å². The zero-order chi connectivity index (χ0) is 11.2. The summed E-state index contributed by atoms with van der Waals surface area (Å²) in [6.07, 6.45) is 4.85. The van der Waals surface area contributed by atoms with Crippen LogP contribution in [-0.2, 0) is 10.2 Å². The highest BCUT2D eigenvalue weighted by atomic mass is 16.2. The minimum atomic E-state index is -0.339. The van der Waals surface area contributed by atoms with E-state index in [1.165, 1.54) is 0 Å². The number of hydrogen-bond donors (Lipinski definition) is 1. The normalized spacial score (nSPS) is 20.9. The highest BCUT2D eigenvalue weighted by Gasteiger charge is 2.48. The Bertz CT molecular complexity index is 473. The summed E-state index contributed by atoms with van der Waals surface area (Å²) in [5.41, 5.74) is 2.23. The summed E-state index contributed by atoms with van der Waals surface area (Å²) in [7, 11) is 0. The van der Waals surface area contributed by atoms with Crippen LogP contribution < -0.4 is 5.32 Å². The molecule has 0 radical (unpaired) electrons. The summed E-state index contributed by atoms with van der Waals surface area (Å²) in [6, 6.07) is 5.45. The molecule has 1 aliphatic heterocycles. The second kappa shape index (κ2) is 3.17. The molecule has 0 saturated heterocycles. The summed E-state index contributed by atoms with van der Waals surface area (Å²) < 4.78 is 0. The summed E-state index contributed by atoms with van der Waals surface area (Å²) in [5, 5.41) is 2.93. The number of fused-ring (bicyclic) bond motifs is 2. The molecule has 2 aliphatic rings. The average Bonchev–Trinajstić information content (AvgIpc) is 2.88. The Morgan fingerprint density at radius 3 is 2.69 bits per heavy atom. The fourth-order valence-corrected chi connectivity index (χ4v) is 2.98. The van der Waals surface area contributed by atoms with Crippen molar-refractivity contribution < 1.29 is 9.59 Å². The van der Waals surface area contributed by atoms with Crippen molar-refractivity contribution in [2.24, 2.45) is 0 Å². The molecule has 1 aromatic rings. The number of hydrogen-bond acceptors (Lipinski definition) is 2. The number of benzene rings is 1. The Hall–Kier alpha value is -1.64. The van der Waals surface area contributed by atoms with Crippen molar-refractivity contribution in [3.8, 4) is 0 Å². The van der Waals surface area contributed by atoms with Gasteiger partial charge in [0, 0.05) is 11.3 Å². The van der Waals surface area contributed by atoms with Crippen LogP contribution in [0.4, 0.5) is 5.69 Å². The first-order valence-electron chi connectivity index (χ1n) is 5.67. The number of carbonyl (C=O) groups is 2. The van der Waals surface area contributed by atoms with Crippen LogP contribution in [0.15, 0.2) is 18.2 Å². The molecule has 1 amide bonds. The Kier molecular flexibility index (Phi) is 1.90. The first-order chi connectivity index (χ1) is 7.76. The van der Waals surface area contributed by atoms with Crippen molar-refractivity contribution in [1.82, 2.24) is 0 Å². The topological polar surface area (TPSA) is 46.2 Å². The fraction of sp³-hybridized carbons (Fsp3) is 0.385. The van der Waals surface area contributed by atoms with Crippen molar-refractivity contribution >= 4 is 17.9 Å². The van der Waals surface area contributed by atoms with Crippen LogP contribution >= 0.6 is 0 Å². The monoisotopic (exact) mass is 215 g/mol. The zero-order valence-electron chi connectivity index (χ0n) is 8.95. The maximum Gasteiger partial charge on any atom is 0.235 e. The molecule has 1 saturated carbocycles. The van der Waals surface area contributed by atoms with Crippen molar-refractivity contribution in [2.45, 2.75) is 31.1 Å². The van der Waals surface area contributed by atoms with E-state index in [2.05, 4.69) is 5.32 Å². The molecule has 0 bridgehead atoms. The number of amides is 1. The van der Waals surface area contributed by atoms with E-state index in [0.29, 0.717) is 5.56 Å². The van der Waals surface area contributed by atoms with E-state index in [-0.39, 0.29) is 11.3 Å². The number of nitrogens with one attached hydrogen (secondary N) is 1. The molecule has 3 heteroatoms. The van der Waals surface area contributed by atoms with Crippen LogP contribution in [0.2, 0.25) is 0 Å². The van der Waals surface area contributed by atoms with Crippen LogP contribution in [0, 0.1) is 0 Å². The molecule has 16 heavy (non-hydrogen) atoms. The SMILES string of the molecule is O=Cc1ccc2c(c1)C1(CCCC1)C(=O)N2. The lowest BCUT2D eigenvalue weighted by molar-refractivity contribution is -0.120. The second-order valence-corrected chi connectivity index (χ2v) is 4.67. The molecule has 1 aromatic carbocycles. The van der Waals surface area contributed by atoms with E-state index in [1.807, 2.05) is 12.1 Å². The molecule has 0 aromatic heterocycles. The average molecular weight is 215 g/mol. The minimum absolute atomic E-state index is 0.114. The minimum Gasteiger partial charge on any atom is -0.325 e. The van der Waals surface area contributed by atoms with Gasteiger partial charge in [-0.15, -0.1) is 0 Å². The van der Waals surface area contributed by atoms with E-state index in [9.17, 15) is 9.59 Å². The van der Waals surface area contributed by atoms with Gasteiger partial charge in [0.25, 0.3) is 0 Å². The summed E-state index contributed by atoms with van der Waals surface area (Å²) in [4.78, 5) is 22.8. The van der Waals surface area contributed by atoms with Gasteiger partial charge in [-0.3, -0.25) is 9.59 Å². The molecule has 1 spiro atoms. The Morgan fingerprint density at radius 1 is 1.25 bits per heavy atom. The van der Waals surface area contributed by atoms with Crippen LogP contribution in [-0.4, -0.2) is 12.2 Å². The molecular formula is C13H13NO2. The van der Waals surface area contributed by atoms with E-state index >= 15 is 0 Å². The Labute approximate surface area is 93.8 Å². The fourth-order valence-electron chi connectivity index (χ4n) is 2.98. The number of rotatable bonds is 1. The number of aldehydes is 1. The Morgan fingerprint density at radius 2 is 2.00 bits per heavy atom. The maximum absolute atomic E-state index is 12.1. The highest BCUT2D eigenvalue weighted by molar-refractivity contribution is 6.07. The van der Waals surface area contributed by atoms with Gasteiger partial charge in [0.15, 0.2) is 0 Å². The third-order valence-corrected chi connectivity index (χ3v) is 3.84. The largest absolute Gasteiger partial charge is 0.325 e. The maximum atomic E-state index is 12.1. The predicted molar refractivity (Wildman–Crippen MR) is 60.6 cm³/mol. The van der Waals surface area contributed by atoms with Crippen LogP contribution in [0.3, 0.4) is 0 Å². The molecule has 1 heterocycles. The van der Waals surface area contributed by atoms with Crippen LogP contribution in [0.5, 0.6) is 0 Å². The van der Waals surface area contributed by atoms with Gasteiger partial charge in [-0.2, -0.15) is 0 Å². The van der Waals surface area contributed by atoms with Gasteiger partial charge in [-0.1, -0.05) is 12.8 Å². The van der Waals surface area contributed by atoms with Gasteiger partial charge in [0.05, 0.1) is 5.41 Å². The van der Waals surface area contributed by atoms with Gasteiger partial charge < -0.3 is 5.32 Å². The molecule has 1 fully saturated rings. The van der Waals surface area contributed by atoms with Crippen LogP contribution in [0.1, 0.15) is 41.6 Å². The molecule has 82 valence electrons. The van der Waals surface area contributed by atoms with E-state index < -0.39 is 0 Å². The number of carbonyl (C=O) groups excluding carboxylic acids is 2. The molecule has 0 unspecified atom stereocenters. The van der Waals surface area contributed by atoms with E-state index in [1.54, 1.807) is 6.07 Å². The molecule has 1 N–H and O–H groups in total. The van der Waals surface area contributed by atoms with Gasteiger partial charge in [0.2, 0.25) is 5.91 Å².